The second kappa shape index (κ2) is 4.92. The molecule has 0 spiro atoms. The molecule has 1 saturated heterocycles. The van der Waals surface area contributed by atoms with Crippen LogP contribution in [-0.4, -0.2) is 51.2 Å². The molecule has 1 aliphatic heterocycles. The third-order valence-corrected chi connectivity index (χ3v) is 5.32. The molecule has 1 fully saturated rings. The van der Waals surface area contributed by atoms with Crippen molar-refractivity contribution in [3.8, 4) is 0 Å². The number of aromatic nitrogens is 4. The van der Waals surface area contributed by atoms with E-state index in [1.807, 2.05) is 0 Å². The number of imidazole rings is 1. The molecule has 8 nitrogen and oxygen atoms in total. The van der Waals surface area contributed by atoms with Crippen LogP contribution in [0.4, 0.5) is 0 Å². The summed E-state index contributed by atoms with van der Waals surface area (Å²) in [4.78, 5) is 20.5. The summed E-state index contributed by atoms with van der Waals surface area (Å²) in [5, 5.41) is 0. The smallest absolute Gasteiger partial charge is 0.292 e. The maximum absolute atomic E-state index is 12.4. The first kappa shape index (κ1) is 14.2. The van der Waals surface area contributed by atoms with E-state index in [2.05, 4.69) is 9.97 Å². The van der Waals surface area contributed by atoms with E-state index in [1.165, 1.54) is 21.5 Å². The highest BCUT2D eigenvalue weighted by atomic mass is 32.2. The molecular formula is C12H17N5O3S. The van der Waals surface area contributed by atoms with Crippen molar-refractivity contribution in [3.05, 3.63) is 23.0 Å². The molecule has 0 radical (unpaired) electrons. The molecule has 0 N–H and O–H groups in total. The first-order chi connectivity index (χ1) is 9.89. The van der Waals surface area contributed by atoms with Crippen molar-refractivity contribution < 1.29 is 8.42 Å². The second-order valence-corrected chi connectivity index (χ2v) is 7.32. The van der Waals surface area contributed by atoms with Crippen LogP contribution in [0, 0.1) is 0 Å². The van der Waals surface area contributed by atoms with E-state index in [9.17, 15) is 13.2 Å². The number of hydrogen-bond acceptors (Lipinski definition) is 5. The molecule has 0 unspecified atom stereocenters. The molecule has 0 aliphatic carbocycles. The van der Waals surface area contributed by atoms with E-state index in [-0.39, 0.29) is 11.7 Å². The summed E-state index contributed by atoms with van der Waals surface area (Å²) in [6.07, 6.45) is 5.46. The van der Waals surface area contributed by atoms with Crippen LogP contribution in [0.25, 0.3) is 11.2 Å². The van der Waals surface area contributed by atoms with Crippen molar-refractivity contribution in [2.24, 2.45) is 7.05 Å². The molecule has 21 heavy (non-hydrogen) atoms. The molecule has 0 bridgehead atoms. The van der Waals surface area contributed by atoms with Gasteiger partial charge in [0, 0.05) is 26.2 Å². The van der Waals surface area contributed by atoms with E-state index < -0.39 is 10.0 Å². The van der Waals surface area contributed by atoms with Gasteiger partial charge in [-0.3, -0.25) is 9.13 Å². The van der Waals surface area contributed by atoms with Gasteiger partial charge in [0.15, 0.2) is 5.65 Å². The van der Waals surface area contributed by atoms with Crippen LogP contribution in [0.15, 0.2) is 17.3 Å². The maximum Gasteiger partial charge on any atom is 0.330 e. The van der Waals surface area contributed by atoms with Crippen LogP contribution in [0.1, 0.15) is 18.9 Å². The van der Waals surface area contributed by atoms with Crippen molar-refractivity contribution in [2.45, 2.75) is 18.9 Å². The zero-order chi connectivity index (χ0) is 15.2. The maximum atomic E-state index is 12.4. The number of hydrogen-bond donors (Lipinski definition) is 0. The summed E-state index contributed by atoms with van der Waals surface area (Å²) in [6.45, 7) is 0.856. The molecule has 9 heteroatoms. The highest BCUT2D eigenvalue weighted by Crippen LogP contribution is 2.25. The van der Waals surface area contributed by atoms with Gasteiger partial charge in [0.1, 0.15) is 11.8 Å². The normalized spacial score (nSPS) is 18.4. The van der Waals surface area contributed by atoms with Gasteiger partial charge in [0.2, 0.25) is 10.0 Å². The molecular weight excluding hydrogens is 294 g/mol. The Morgan fingerprint density at radius 2 is 1.95 bits per heavy atom. The highest BCUT2D eigenvalue weighted by Gasteiger charge is 2.28. The molecule has 114 valence electrons. The van der Waals surface area contributed by atoms with Gasteiger partial charge in [-0.15, -0.1) is 0 Å². The van der Waals surface area contributed by atoms with Gasteiger partial charge in [-0.2, -0.15) is 0 Å². The Morgan fingerprint density at radius 1 is 1.29 bits per heavy atom. The lowest BCUT2D eigenvalue weighted by Gasteiger charge is -2.30. The van der Waals surface area contributed by atoms with E-state index in [0.717, 1.165) is 0 Å². The quantitative estimate of drug-likeness (QED) is 0.761. The van der Waals surface area contributed by atoms with Gasteiger partial charge in [-0.05, 0) is 12.8 Å². The fourth-order valence-electron chi connectivity index (χ4n) is 2.85. The molecule has 3 heterocycles. The summed E-state index contributed by atoms with van der Waals surface area (Å²) in [6, 6.07) is -0.0332. The molecule has 1 aliphatic rings. The Kier molecular flexibility index (Phi) is 3.33. The molecule has 3 rings (SSSR count). The first-order valence-corrected chi connectivity index (χ1v) is 8.56. The Bertz CT molecular complexity index is 830. The van der Waals surface area contributed by atoms with E-state index >= 15 is 0 Å². The SMILES string of the molecule is Cn1c(=O)n(C2CCN(S(C)(=O)=O)CC2)c2ncncc21. The third-order valence-electron chi connectivity index (χ3n) is 4.01. The fraction of sp³-hybridized carbons (Fsp3) is 0.583. The number of piperidine rings is 1. The summed E-state index contributed by atoms with van der Waals surface area (Å²) >= 11 is 0. The summed E-state index contributed by atoms with van der Waals surface area (Å²) in [5.41, 5.74) is 1.16. The number of sulfonamides is 1. The molecule has 0 aromatic carbocycles. The molecule has 0 saturated carbocycles. The largest absolute Gasteiger partial charge is 0.330 e. The minimum absolute atomic E-state index is 0.0332. The van der Waals surface area contributed by atoms with Crippen LogP contribution in [0.5, 0.6) is 0 Å². The van der Waals surface area contributed by atoms with Gasteiger partial charge < -0.3 is 0 Å². The van der Waals surface area contributed by atoms with Crippen LogP contribution >= 0.6 is 0 Å². The second-order valence-electron chi connectivity index (χ2n) is 5.34. The van der Waals surface area contributed by atoms with Crippen molar-refractivity contribution in [1.29, 1.82) is 0 Å². The van der Waals surface area contributed by atoms with Crippen molar-refractivity contribution in [2.75, 3.05) is 19.3 Å². The summed E-state index contributed by atoms with van der Waals surface area (Å²) < 4.78 is 27.7. The number of fused-ring (bicyclic) bond motifs is 1. The average molecular weight is 311 g/mol. The fourth-order valence-corrected chi connectivity index (χ4v) is 3.73. The van der Waals surface area contributed by atoms with E-state index in [1.54, 1.807) is 17.8 Å². The Hall–Kier alpha value is -1.74. The molecule has 0 atom stereocenters. The number of rotatable bonds is 2. The van der Waals surface area contributed by atoms with Gasteiger partial charge in [-0.25, -0.2) is 27.5 Å². The molecule has 2 aromatic heterocycles. The van der Waals surface area contributed by atoms with Crippen LogP contribution in [0.3, 0.4) is 0 Å². The van der Waals surface area contributed by atoms with Gasteiger partial charge in [0.05, 0.1) is 12.5 Å². The van der Waals surface area contributed by atoms with E-state index in [4.69, 9.17) is 0 Å². The van der Waals surface area contributed by atoms with Crippen molar-refractivity contribution in [3.63, 3.8) is 0 Å². The monoisotopic (exact) mass is 311 g/mol. The zero-order valence-corrected chi connectivity index (χ0v) is 12.7. The predicted octanol–water partition coefficient (Wildman–Crippen LogP) is -0.273. The van der Waals surface area contributed by atoms with Gasteiger partial charge >= 0.3 is 5.69 Å². The number of aryl methyl sites for hydroxylation is 1. The van der Waals surface area contributed by atoms with Crippen LogP contribution in [0.2, 0.25) is 0 Å². The Labute approximate surface area is 122 Å². The summed E-state index contributed by atoms with van der Waals surface area (Å²) in [5.74, 6) is 0. The van der Waals surface area contributed by atoms with Crippen LogP contribution < -0.4 is 5.69 Å². The Balaban J connectivity index is 1.97. The molecule has 2 aromatic rings. The summed E-state index contributed by atoms with van der Waals surface area (Å²) in [7, 11) is -1.47. The third kappa shape index (κ3) is 2.36. The van der Waals surface area contributed by atoms with Gasteiger partial charge in [-0.1, -0.05) is 0 Å². The van der Waals surface area contributed by atoms with Crippen molar-refractivity contribution in [1.82, 2.24) is 23.4 Å². The topological polar surface area (TPSA) is 90.1 Å². The average Bonchev–Trinajstić information content (AvgIpc) is 2.71. The standard InChI is InChI=1S/C12H17N5O3S/c1-15-10-7-13-8-14-11(10)17(12(15)18)9-3-5-16(6-4-9)21(2,19)20/h7-9H,3-6H2,1-2H3. The lowest BCUT2D eigenvalue weighted by molar-refractivity contribution is 0.274. The van der Waals surface area contributed by atoms with E-state index in [0.29, 0.717) is 37.1 Å². The predicted molar refractivity (Wildman–Crippen MR) is 77.5 cm³/mol. The van der Waals surface area contributed by atoms with Gasteiger partial charge in [0.25, 0.3) is 0 Å². The first-order valence-electron chi connectivity index (χ1n) is 6.71. The van der Waals surface area contributed by atoms with Crippen LogP contribution in [-0.2, 0) is 17.1 Å². The lowest BCUT2D eigenvalue weighted by Crippen LogP contribution is -2.40. The lowest BCUT2D eigenvalue weighted by atomic mass is 10.1. The Morgan fingerprint density at radius 3 is 2.57 bits per heavy atom. The number of nitrogens with zero attached hydrogens (tertiary/aromatic N) is 5. The minimum atomic E-state index is -3.16. The highest BCUT2D eigenvalue weighted by molar-refractivity contribution is 7.88. The molecule has 0 amide bonds. The zero-order valence-electron chi connectivity index (χ0n) is 11.9. The minimum Gasteiger partial charge on any atom is -0.292 e. The van der Waals surface area contributed by atoms with Crippen molar-refractivity contribution >= 4 is 21.2 Å².